The van der Waals surface area contributed by atoms with Crippen LogP contribution in [-0.4, -0.2) is 27.5 Å². The zero-order chi connectivity index (χ0) is 21.0. The summed E-state index contributed by atoms with van der Waals surface area (Å²) >= 11 is 1.28. The van der Waals surface area contributed by atoms with E-state index in [0.29, 0.717) is 4.21 Å². The van der Waals surface area contributed by atoms with Gasteiger partial charge in [0.25, 0.3) is 10.0 Å². The largest absolute Gasteiger partial charge is 0.316 e. The zero-order valence-corrected chi connectivity index (χ0v) is 18.8. The summed E-state index contributed by atoms with van der Waals surface area (Å²) in [6.45, 7) is 3.98. The number of sulfonamides is 1. The molecule has 1 aliphatic rings. The monoisotopic (exact) mass is 440 g/mol. The number of nitrogens with zero attached hydrogens (tertiary/aromatic N) is 1. The number of anilines is 1. The van der Waals surface area contributed by atoms with Crippen molar-refractivity contribution in [3.8, 4) is 0 Å². The van der Waals surface area contributed by atoms with Crippen LogP contribution in [0.2, 0.25) is 0 Å². The van der Waals surface area contributed by atoms with E-state index in [2.05, 4.69) is 24.4 Å². The summed E-state index contributed by atoms with van der Waals surface area (Å²) < 4.78 is 30.0. The van der Waals surface area contributed by atoms with Gasteiger partial charge in [0.1, 0.15) is 4.21 Å². The summed E-state index contributed by atoms with van der Waals surface area (Å²) in [5, 5.41) is 5.32. The average Bonchev–Trinajstić information content (AvgIpc) is 3.35. The molecule has 6 heteroatoms. The SMILES string of the molecule is CC(c1ccccc1)C(C1CCCNC1)N(c1ccccc1)S(=O)(=O)c1cccs1. The standard InChI is InChI=1S/C24H28N2O2S2/c1-19(20-10-4-2-5-11-20)24(21-12-8-16-25-18-21)26(22-13-6-3-7-14-22)30(27,28)23-15-9-17-29-23/h2-7,9-11,13-15,17,19,21,24-25H,8,12,16,18H2,1H3. The third-order valence-electron chi connectivity index (χ3n) is 5.95. The Hall–Kier alpha value is -2.15. The van der Waals surface area contributed by atoms with Crippen LogP contribution in [0.5, 0.6) is 0 Å². The predicted octanol–water partition coefficient (Wildman–Crippen LogP) is 5.12. The van der Waals surface area contributed by atoms with Gasteiger partial charge < -0.3 is 5.32 Å². The minimum absolute atomic E-state index is 0.0473. The van der Waals surface area contributed by atoms with Crippen LogP contribution in [0.4, 0.5) is 5.69 Å². The number of nitrogens with one attached hydrogen (secondary N) is 1. The lowest BCUT2D eigenvalue weighted by molar-refractivity contribution is 0.300. The Bertz CT molecular complexity index is 1020. The molecule has 1 saturated heterocycles. The van der Waals surface area contributed by atoms with E-state index in [0.717, 1.165) is 37.2 Å². The quantitative estimate of drug-likeness (QED) is 0.555. The topological polar surface area (TPSA) is 49.4 Å². The Labute approximate surface area is 183 Å². The van der Waals surface area contributed by atoms with E-state index in [1.165, 1.54) is 11.3 Å². The molecule has 0 bridgehead atoms. The molecular formula is C24H28N2O2S2. The summed E-state index contributed by atoms with van der Waals surface area (Å²) in [7, 11) is -3.69. The van der Waals surface area contributed by atoms with Crippen molar-refractivity contribution < 1.29 is 8.42 Å². The number of piperidine rings is 1. The number of benzene rings is 2. The van der Waals surface area contributed by atoms with Crippen LogP contribution in [-0.2, 0) is 10.0 Å². The van der Waals surface area contributed by atoms with Gasteiger partial charge in [-0.15, -0.1) is 11.3 Å². The fourth-order valence-electron chi connectivity index (χ4n) is 4.48. The van der Waals surface area contributed by atoms with Gasteiger partial charge in [0, 0.05) is 5.92 Å². The van der Waals surface area contributed by atoms with Gasteiger partial charge in [-0.05, 0) is 61.0 Å². The lowest BCUT2D eigenvalue weighted by Crippen LogP contribution is -2.51. The second-order valence-corrected chi connectivity index (χ2v) is 10.9. The molecule has 1 aromatic heterocycles. The van der Waals surface area contributed by atoms with Crippen LogP contribution in [0.3, 0.4) is 0 Å². The maximum absolute atomic E-state index is 13.9. The second-order valence-electron chi connectivity index (χ2n) is 7.86. The molecule has 0 aliphatic carbocycles. The lowest BCUT2D eigenvalue weighted by Gasteiger charge is -2.42. The van der Waals surface area contributed by atoms with Crippen molar-refractivity contribution in [2.75, 3.05) is 17.4 Å². The molecule has 2 aromatic carbocycles. The highest BCUT2D eigenvalue weighted by Crippen LogP contribution is 2.38. The van der Waals surface area contributed by atoms with Crippen molar-refractivity contribution in [1.29, 1.82) is 0 Å². The van der Waals surface area contributed by atoms with Gasteiger partial charge in [-0.25, -0.2) is 8.42 Å². The molecule has 158 valence electrons. The van der Waals surface area contributed by atoms with Crippen molar-refractivity contribution in [2.24, 2.45) is 5.92 Å². The first-order valence-corrected chi connectivity index (χ1v) is 12.8. The fourth-order valence-corrected chi connectivity index (χ4v) is 7.34. The number of rotatable bonds is 7. The van der Waals surface area contributed by atoms with Crippen molar-refractivity contribution >= 4 is 27.0 Å². The van der Waals surface area contributed by atoms with E-state index in [9.17, 15) is 8.42 Å². The molecule has 0 amide bonds. The number of thiophene rings is 1. The molecule has 0 saturated carbocycles. The smallest absolute Gasteiger partial charge is 0.274 e. The maximum Gasteiger partial charge on any atom is 0.274 e. The Morgan fingerprint density at radius 1 is 1.00 bits per heavy atom. The summed E-state index contributed by atoms with van der Waals surface area (Å²) in [6.07, 6.45) is 2.07. The third-order valence-corrected chi connectivity index (χ3v) is 9.14. The molecule has 1 fully saturated rings. The molecule has 3 unspecified atom stereocenters. The van der Waals surface area contributed by atoms with Crippen LogP contribution in [0.15, 0.2) is 82.4 Å². The molecular weight excluding hydrogens is 412 g/mol. The molecule has 4 rings (SSSR count). The Balaban J connectivity index is 1.86. The Morgan fingerprint density at radius 2 is 1.70 bits per heavy atom. The minimum Gasteiger partial charge on any atom is -0.316 e. The summed E-state index contributed by atoms with van der Waals surface area (Å²) in [5.74, 6) is 0.273. The predicted molar refractivity (Wildman–Crippen MR) is 125 cm³/mol. The molecule has 4 nitrogen and oxygen atoms in total. The van der Waals surface area contributed by atoms with Crippen LogP contribution < -0.4 is 9.62 Å². The first-order chi connectivity index (χ1) is 14.6. The van der Waals surface area contributed by atoms with Crippen LogP contribution in [0.25, 0.3) is 0 Å². The molecule has 2 heterocycles. The summed E-state index contributed by atoms with van der Waals surface area (Å²) in [6, 6.07) is 23.2. The van der Waals surface area contributed by atoms with E-state index in [4.69, 9.17) is 0 Å². The Morgan fingerprint density at radius 3 is 2.30 bits per heavy atom. The third kappa shape index (κ3) is 4.31. The van der Waals surface area contributed by atoms with Gasteiger partial charge in [-0.2, -0.15) is 0 Å². The first kappa shape index (κ1) is 21.1. The fraction of sp³-hybridized carbons (Fsp3) is 0.333. The van der Waals surface area contributed by atoms with Crippen molar-refractivity contribution in [1.82, 2.24) is 5.32 Å². The van der Waals surface area contributed by atoms with Gasteiger partial charge in [-0.1, -0.05) is 61.5 Å². The highest BCUT2D eigenvalue weighted by molar-refractivity contribution is 7.94. The van der Waals surface area contributed by atoms with Crippen molar-refractivity contribution in [2.45, 2.75) is 35.9 Å². The zero-order valence-electron chi connectivity index (χ0n) is 17.1. The van der Waals surface area contributed by atoms with Gasteiger partial charge in [-0.3, -0.25) is 4.31 Å². The van der Waals surface area contributed by atoms with E-state index in [1.54, 1.807) is 16.4 Å². The molecule has 3 aromatic rings. The van der Waals surface area contributed by atoms with Crippen molar-refractivity contribution in [3.05, 3.63) is 83.7 Å². The summed E-state index contributed by atoms with van der Waals surface area (Å²) in [4.78, 5) is 0. The average molecular weight is 441 g/mol. The highest BCUT2D eigenvalue weighted by Gasteiger charge is 2.40. The van der Waals surface area contributed by atoms with E-state index < -0.39 is 10.0 Å². The van der Waals surface area contributed by atoms with E-state index >= 15 is 0 Å². The molecule has 1 N–H and O–H groups in total. The van der Waals surface area contributed by atoms with Crippen molar-refractivity contribution in [3.63, 3.8) is 0 Å². The normalized spacial score (nSPS) is 19.2. The molecule has 30 heavy (non-hydrogen) atoms. The number of hydrogen-bond acceptors (Lipinski definition) is 4. The minimum atomic E-state index is -3.69. The van der Waals surface area contributed by atoms with Crippen LogP contribution in [0, 0.1) is 5.92 Å². The Kier molecular flexibility index (Phi) is 6.56. The molecule has 1 aliphatic heterocycles. The van der Waals surface area contributed by atoms with Gasteiger partial charge in [0.05, 0.1) is 11.7 Å². The van der Waals surface area contributed by atoms with Gasteiger partial charge in [0.2, 0.25) is 0 Å². The molecule has 0 spiro atoms. The molecule has 3 atom stereocenters. The second kappa shape index (κ2) is 9.33. The summed E-state index contributed by atoms with van der Waals surface area (Å²) in [5.41, 5.74) is 1.89. The molecule has 0 radical (unpaired) electrons. The number of para-hydroxylation sites is 1. The van der Waals surface area contributed by atoms with Crippen LogP contribution >= 0.6 is 11.3 Å². The van der Waals surface area contributed by atoms with Crippen LogP contribution in [0.1, 0.15) is 31.2 Å². The van der Waals surface area contributed by atoms with E-state index in [-0.39, 0.29) is 17.9 Å². The lowest BCUT2D eigenvalue weighted by atomic mass is 9.81. The first-order valence-electron chi connectivity index (χ1n) is 10.5. The van der Waals surface area contributed by atoms with E-state index in [1.807, 2.05) is 53.9 Å². The number of hydrogen-bond donors (Lipinski definition) is 1. The maximum atomic E-state index is 13.9. The highest BCUT2D eigenvalue weighted by atomic mass is 32.2. The van der Waals surface area contributed by atoms with Gasteiger partial charge in [0.15, 0.2) is 0 Å². The van der Waals surface area contributed by atoms with Gasteiger partial charge >= 0.3 is 0 Å².